The van der Waals surface area contributed by atoms with E-state index in [1.807, 2.05) is 25.1 Å². The zero-order valence-electron chi connectivity index (χ0n) is 18.6. The van der Waals surface area contributed by atoms with Crippen molar-refractivity contribution in [1.82, 2.24) is 4.90 Å². The molecule has 0 amide bonds. The van der Waals surface area contributed by atoms with Crippen LogP contribution in [0.3, 0.4) is 0 Å². The minimum absolute atomic E-state index is 0.127. The third kappa shape index (κ3) is 4.10. The molecule has 0 N–H and O–H groups in total. The highest BCUT2D eigenvalue weighted by Gasteiger charge is 2.35. The Morgan fingerprint density at radius 1 is 1.15 bits per heavy atom. The first-order valence-corrected chi connectivity index (χ1v) is 10.9. The molecular weight excluding hydrogens is 421 g/mol. The van der Waals surface area contributed by atoms with Crippen molar-refractivity contribution in [2.24, 2.45) is 0 Å². The van der Waals surface area contributed by atoms with Gasteiger partial charge in [0.2, 0.25) is 5.78 Å². The predicted molar refractivity (Wildman–Crippen MR) is 123 cm³/mol. The maximum atomic E-state index is 14.1. The molecule has 0 fully saturated rings. The Hall–Kier alpha value is -3.64. The number of carbonyl (C=O) groups is 1. The molecule has 6 heteroatoms. The second-order valence-electron chi connectivity index (χ2n) is 8.26. The Labute approximate surface area is 192 Å². The lowest BCUT2D eigenvalue weighted by Gasteiger charge is -2.30. The van der Waals surface area contributed by atoms with Crippen molar-refractivity contribution in [2.75, 3.05) is 20.4 Å². The maximum Gasteiger partial charge on any atom is 0.232 e. The summed E-state index contributed by atoms with van der Waals surface area (Å²) in [6, 6.07) is 16.2. The lowest BCUT2D eigenvalue weighted by Crippen LogP contribution is -2.33. The van der Waals surface area contributed by atoms with E-state index in [1.165, 1.54) is 17.7 Å². The van der Waals surface area contributed by atoms with Crippen LogP contribution in [-0.2, 0) is 13.0 Å². The summed E-state index contributed by atoms with van der Waals surface area (Å²) in [4.78, 5) is 15.3. The van der Waals surface area contributed by atoms with E-state index >= 15 is 0 Å². The van der Waals surface area contributed by atoms with Crippen LogP contribution in [0.4, 0.5) is 4.39 Å². The Morgan fingerprint density at radius 3 is 2.70 bits per heavy atom. The number of ether oxygens (including phenoxy) is 3. The van der Waals surface area contributed by atoms with Crippen LogP contribution >= 0.6 is 0 Å². The van der Waals surface area contributed by atoms with Gasteiger partial charge in [-0.15, -0.1) is 0 Å². The highest BCUT2D eigenvalue weighted by Crippen LogP contribution is 2.44. The van der Waals surface area contributed by atoms with Crippen molar-refractivity contribution in [1.29, 1.82) is 0 Å². The molecule has 3 aromatic carbocycles. The van der Waals surface area contributed by atoms with Gasteiger partial charge in [0.15, 0.2) is 5.76 Å². The summed E-state index contributed by atoms with van der Waals surface area (Å²) in [6.07, 6.45) is 2.32. The summed E-state index contributed by atoms with van der Waals surface area (Å²) in [5, 5.41) is 0. The van der Waals surface area contributed by atoms with Crippen LogP contribution in [0.25, 0.3) is 6.08 Å². The van der Waals surface area contributed by atoms with E-state index in [0.717, 1.165) is 35.6 Å². The van der Waals surface area contributed by atoms with Gasteiger partial charge in [-0.25, -0.2) is 4.39 Å². The fourth-order valence-corrected chi connectivity index (χ4v) is 4.23. The number of methoxy groups -OCH3 is 1. The molecule has 33 heavy (non-hydrogen) atoms. The zero-order chi connectivity index (χ0) is 22.9. The summed E-state index contributed by atoms with van der Waals surface area (Å²) in [6.45, 7) is 3.73. The molecule has 0 unspecified atom stereocenters. The third-order valence-electron chi connectivity index (χ3n) is 6.06. The number of rotatable bonds is 5. The van der Waals surface area contributed by atoms with E-state index in [-0.39, 0.29) is 11.5 Å². The number of allylic oxidation sites excluding steroid dienone is 1. The van der Waals surface area contributed by atoms with Crippen molar-refractivity contribution in [2.45, 2.75) is 19.9 Å². The monoisotopic (exact) mass is 445 g/mol. The number of benzene rings is 3. The van der Waals surface area contributed by atoms with Crippen LogP contribution in [-0.4, -0.2) is 31.1 Å². The van der Waals surface area contributed by atoms with Gasteiger partial charge in [-0.3, -0.25) is 9.69 Å². The van der Waals surface area contributed by atoms with Crippen LogP contribution in [0.1, 0.15) is 32.6 Å². The molecule has 168 valence electrons. The average Bonchev–Trinajstić information content (AvgIpc) is 3.16. The molecule has 2 heterocycles. The number of hydrogen-bond acceptors (Lipinski definition) is 5. The number of nitrogens with zero attached hydrogens (tertiary/aromatic N) is 1. The molecule has 0 bridgehead atoms. The molecule has 0 aliphatic carbocycles. The lowest BCUT2D eigenvalue weighted by atomic mass is 9.98. The molecule has 0 aromatic heterocycles. The van der Waals surface area contributed by atoms with Gasteiger partial charge in [-0.1, -0.05) is 30.3 Å². The van der Waals surface area contributed by atoms with Crippen molar-refractivity contribution < 1.29 is 23.4 Å². The molecule has 2 aliphatic rings. The van der Waals surface area contributed by atoms with E-state index in [1.54, 1.807) is 25.3 Å². The Kier molecular flexibility index (Phi) is 5.60. The van der Waals surface area contributed by atoms with Crippen molar-refractivity contribution in [3.63, 3.8) is 0 Å². The van der Waals surface area contributed by atoms with E-state index < -0.39 is 5.82 Å². The van der Waals surface area contributed by atoms with E-state index in [0.29, 0.717) is 30.2 Å². The minimum atomic E-state index is -0.399. The standard InChI is InChI=1S/C27H24FNO4/c1-17-13-23-21(15-29(16-32-23)12-11-18-7-9-20(31-2)10-8-18)27-25(17)26(30)24(33-27)14-19-5-3-4-6-22(19)28/h3-10,13-14H,11-12,15-16H2,1-2H3/b24-14+. The SMILES string of the molecule is COc1ccc(CCN2COc3cc(C)c4c(c3C2)O/C(=C/c2ccccc2F)C4=O)cc1. The number of halogens is 1. The molecule has 3 aromatic rings. The predicted octanol–water partition coefficient (Wildman–Crippen LogP) is 5.15. The van der Waals surface area contributed by atoms with Crippen LogP contribution in [0.15, 0.2) is 60.4 Å². The van der Waals surface area contributed by atoms with Gasteiger partial charge < -0.3 is 14.2 Å². The van der Waals surface area contributed by atoms with Crippen LogP contribution in [0, 0.1) is 12.7 Å². The molecule has 0 saturated heterocycles. The maximum absolute atomic E-state index is 14.1. The van der Waals surface area contributed by atoms with Crippen molar-refractivity contribution in [3.05, 3.63) is 94.0 Å². The number of fused-ring (bicyclic) bond motifs is 3. The summed E-state index contributed by atoms with van der Waals surface area (Å²) in [7, 11) is 1.65. The van der Waals surface area contributed by atoms with Crippen molar-refractivity contribution >= 4 is 11.9 Å². The Bertz CT molecular complexity index is 1250. The fourth-order valence-electron chi connectivity index (χ4n) is 4.23. The third-order valence-corrected chi connectivity index (χ3v) is 6.06. The van der Waals surface area contributed by atoms with Crippen LogP contribution in [0.5, 0.6) is 17.2 Å². The molecule has 0 atom stereocenters. The van der Waals surface area contributed by atoms with Gasteiger partial charge in [0.25, 0.3) is 0 Å². The molecule has 5 nitrogen and oxygen atoms in total. The lowest BCUT2D eigenvalue weighted by molar-refractivity contribution is 0.0949. The van der Waals surface area contributed by atoms with Gasteiger partial charge in [-0.2, -0.15) is 0 Å². The number of Topliss-reactive ketones (excluding diaryl/α,β-unsaturated/α-hetero) is 1. The summed E-state index contributed by atoms with van der Waals surface area (Å²) < 4.78 is 31.4. The van der Waals surface area contributed by atoms with Gasteiger partial charge >= 0.3 is 0 Å². The quantitative estimate of drug-likeness (QED) is 0.508. The smallest absolute Gasteiger partial charge is 0.232 e. The number of hydrogen-bond donors (Lipinski definition) is 0. The highest BCUT2D eigenvalue weighted by atomic mass is 19.1. The van der Waals surface area contributed by atoms with E-state index in [2.05, 4.69) is 17.0 Å². The highest BCUT2D eigenvalue weighted by molar-refractivity contribution is 6.15. The molecule has 5 rings (SSSR count). The van der Waals surface area contributed by atoms with Crippen LogP contribution in [0.2, 0.25) is 0 Å². The molecule has 0 spiro atoms. The average molecular weight is 445 g/mol. The van der Waals surface area contributed by atoms with Gasteiger partial charge in [0, 0.05) is 18.7 Å². The summed E-state index contributed by atoms with van der Waals surface area (Å²) in [5.41, 5.74) is 3.69. The first-order valence-electron chi connectivity index (χ1n) is 10.9. The molecule has 0 radical (unpaired) electrons. The molecular formula is C27H24FNO4. The largest absolute Gasteiger partial charge is 0.497 e. The van der Waals surface area contributed by atoms with Crippen LogP contribution < -0.4 is 14.2 Å². The van der Waals surface area contributed by atoms with Gasteiger partial charge in [0.1, 0.15) is 29.8 Å². The van der Waals surface area contributed by atoms with Gasteiger partial charge in [-0.05, 0) is 54.8 Å². The second-order valence-corrected chi connectivity index (χ2v) is 8.26. The fraction of sp³-hybridized carbons (Fsp3) is 0.222. The Balaban J connectivity index is 1.38. The summed E-state index contributed by atoms with van der Waals surface area (Å²) in [5.74, 6) is 1.58. The normalized spacial score (nSPS) is 16.2. The molecule has 0 saturated carbocycles. The zero-order valence-corrected chi connectivity index (χ0v) is 18.6. The number of ketones is 1. The van der Waals surface area contributed by atoms with E-state index in [4.69, 9.17) is 14.2 Å². The number of aryl methyl sites for hydroxylation is 1. The Morgan fingerprint density at radius 2 is 1.94 bits per heavy atom. The first kappa shape index (κ1) is 21.2. The first-order chi connectivity index (χ1) is 16.0. The number of carbonyl (C=O) groups excluding carboxylic acids is 1. The molecule has 2 aliphatic heterocycles. The minimum Gasteiger partial charge on any atom is -0.497 e. The van der Waals surface area contributed by atoms with Gasteiger partial charge in [0.05, 0.1) is 18.2 Å². The van der Waals surface area contributed by atoms with Crippen molar-refractivity contribution in [3.8, 4) is 17.2 Å². The topological polar surface area (TPSA) is 48.0 Å². The van der Waals surface area contributed by atoms with E-state index in [9.17, 15) is 9.18 Å². The second kappa shape index (κ2) is 8.71. The summed E-state index contributed by atoms with van der Waals surface area (Å²) >= 11 is 0.